The van der Waals surface area contributed by atoms with Crippen LogP contribution >= 0.6 is 0 Å². The van der Waals surface area contributed by atoms with E-state index in [1.165, 1.54) is 18.2 Å². The van der Waals surface area contributed by atoms with E-state index in [2.05, 4.69) is 9.97 Å². The van der Waals surface area contributed by atoms with Crippen LogP contribution in [0.2, 0.25) is 0 Å². The summed E-state index contributed by atoms with van der Waals surface area (Å²) in [5.41, 5.74) is 4.73. The van der Waals surface area contributed by atoms with Crippen molar-refractivity contribution in [2.75, 3.05) is 0 Å². The monoisotopic (exact) mass is 249 g/mol. The van der Waals surface area contributed by atoms with Gasteiger partial charge in [0.25, 0.3) is 5.56 Å². The van der Waals surface area contributed by atoms with Gasteiger partial charge in [-0.1, -0.05) is 18.2 Å². The van der Waals surface area contributed by atoms with E-state index in [0.717, 1.165) is 0 Å². The number of hydrogen-bond acceptors (Lipinski definition) is 4. The lowest BCUT2D eigenvalue weighted by Crippen LogP contribution is -2.19. The summed E-state index contributed by atoms with van der Waals surface area (Å²) < 4.78 is 13.6. The van der Waals surface area contributed by atoms with Gasteiger partial charge in [-0.15, -0.1) is 0 Å². The summed E-state index contributed by atoms with van der Waals surface area (Å²) >= 11 is 0. The molecule has 0 aliphatic carbocycles. The van der Waals surface area contributed by atoms with Crippen LogP contribution in [-0.4, -0.2) is 15.1 Å². The maximum Gasteiger partial charge on any atom is 0.262 e. The Bertz CT molecular complexity index is 637. The Morgan fingerprint density at radius 2 is 2.11 bits per heavy atom. The predicted octanol–water partition coefficient (Wildman–Crippen LogP) is 1.30. The van der Waals surface area contributed by atoms with Crippen LogP contribution in [0.5, 0.6) is 5.88 Å². The number of benzene rings is 1. The van der Waals surface area contributed by atoms with Gasteiger partial charge in [-0.3, -0.25) is 4.79 Å². The Hall–Kier alpha value is -2.21. The van der Waals surface area contributed by atoms with Crippen molar-refractivity contribution >= 4 is 0 Å². The molecule has 18 heavy (non-hydrogen) atoms. The first-order valence-electron chi connectivity index (χ1n) is 5.34. The summed E-state index contributed by atoms with van der Waals surface area (Å²) in [7, 11) is 0. The van der Waals surface area contributed by atoms with Gasteiger partial charge in [-0.2, -0.15) is 4.98 Å². The quantitative estimate of drug-likeness (QED) is 0.748. The molecule has 0 aliphatic heterocycles. The van der Waals surface area contributed by atoms with Crippen molar-refractivity contribution in [1.29, 1.82) is 0 Å². The van der Waals surface area contributed by atoms with Crippen molar-refractivity contribution in [3.05, 3.63) is 46.3 Å². The van der Waals surface area contributed by atoms with E-state index < -0.39 is 23.3 Å². The molecule has 0 fully saturated rings. The Morgan fingerprint density at radius 1 is 1.44 bits per heavy atom. The molecule has 2 aromatic rings. The maximum atomic E-state index is 13.6. The molecule has 0 aliphatic rings. The molecule has 0 saturated carbocycles. The molecule has 1 unspecified atom stereocenters. The molecular formula is C12H12FN3O2. The fraction of sp³-hybridized carbons (Fsp3) is 0.167. The average Bonchev–Trinajstić information content (AvgIpc) is 2.30. The summed E-state index contributed by atoms with van der Waals surface area (Å²) in [6, 6.07) is 5.13. The van der Waals surface area contributed by atoms with Gasteiger partial charge in [0.15, 0.2) is 0 Å². The number of rotatable bonds is 2. The molecule has 0 spiro atoms. The number of nitrogens with one attached hydrogen (secondary N) is 1. The Morgan fingerprint density at radius 3 is 2.67 bits per heavy atom. The highest BCUT2D eigenvalue weighted by atomic mass is 19.1. The molecule has 0 saturated heterocycles. The number of aromatic hydroxyl groups is 1. The van der Waals surface area contributed by atoms with E-state index in [-0.39, 0.29) is 17.0 Å². The second-order valence-corrected chi connectivity index (χ2v) is 3.92. The van der Waals surface area contributed by atoms with Crippen molar-refractivity contribution in [2.24, 2.45) is 5.73 Å². The predicted molar refractivity (Wildman–Crippen MR) is 64.5 cm³/mol. The topological polar surface area (TPSA) is 92.0 Å². The van der Waals surface area contributed by atoms with Crippen molar-refractivity contribution in [3.63, 3.8) is 0 Å². The smallest absolute Gasteiger partial charge is 0.262 e. The lowest BCUT2D eigenvalue weighted by atomic mass is 10.1. The Kier molecular flexibility index (Phi) is 3.12. The number of aromatic amines is 1. The second kappa shape index (κ2) is 4.58. The van der Waals surface area contributed by atoms with Crippen molar-refractivity contribution in [2.45, 2.75) is 13.0 Å². The van der Waals surface area contributed by atoms with E-state index in [1.54, 1.807) is 13.0 Å². The molecule has 6 heteroatoms. The van der Waals surface area contributed by atoms with Crippen molar-refractivity contribution in [3.8, 4) is 17.0 Å². The highest BCUT2D eigenvalue weighted by Gasteiger charge is 2.17. The summed E-state index contributed by atoms with van der Waals surface area (Å²) in [5.74, 6) is -0.984. The largest absolute Gasteiger partial charge is 0.493 e. The molecule has 2 rings (SSSR count). The Balaban J connectivity index is 2.67. The number of aromatic nitrogens is 2. The van der Waals surface area contributed by atoms with Crippen molar-refractivity contribution in [1.82, 2.24) is 9.97 Å². The molecule has 94 valence electrons. The lowest BCUT2D eigenvalue weighted by Gasteiger charge is -2.08. The average molecular weight is 249 g/mol. The molecule has 1 aromatic carbocycles. The van der Waals surface area contributed by atoms with Crippen LogP contribution in [0.3, 0.4) is 0 Å². The number of nitrogens with two attached hydrogens (primary N) is 1. The minimum Gasteiger partial charge on any atom is -0.493 e. The fourth-order valence-corrected chi connectivity index (χ4v) is 1.60. The summed E-state index contributed by atoms with van der Waals surface area (Å²) in [5, 5.41) is 9.75. The third-order valence-corrected chi connectivity index (χ3v) is 2.49. The first-order valence-corrected chi connectivity index (χ1v) is 5.34. The highest BCUT2D eigenvalue weighted by Crippen LogP contribution is 2.26. The molecule has 0 amide bonds. The standard InChI is InChI=1S/C12H12FN3O2/c1-6(14)10-15-11(17)9(12(18)16-10)7-4-2-3-5-8(7)13/h2-6H,14H2,1H3,(H2,15,16,17,18). The van der Waals surface area contributed by atoms with Crippen LogP contribution in [0, 0.1) is 5.82 Å². The molecule has 1 aromatic heterocycles. The zero-order chi connectivity index (χ0) is 13.3. The maximum absolute atomic E-state index is 13.6. The van der Waals surface area contributed by atoms with Gasteiger partial charge < -0.3 is 15.8 Å². The summed E-state index contributed by atoms with van der Waals surface area (Å²) in [6.45, 7) is 1.61. The van der Waals surface area contributed by atoms with E-state index in [9.17, 15) is 14.3 Å². The van der Waals surface area contributed by atoms with Gasteiger partial charge in [-0.25, -0.2) is 4.39 Å². The van der Waals surface area contributed by atoms with Crippen LogP contribution in [0.25, 0.3) is 11.1 Å². The van der Waals surface area contributed by atoms with Crippen LogP contribution in [0.4, 0.5) is 4.39 Å². The van der Waals surface area contributed by atoms with Crippen LogP contribution in [-0.2, 0) is 0 Å². The second-order valence-electron chi connectivity index (χ2n) is 3.92. The first kappa shape index (κ1) is 12.3. The molecule has 5 nitrogen and oxygen atoms in total. The van der Waals surface area contributed by atoms with Gasteiger partial charge in [0, 0.05) is 5.56 Å². The zero-order valence-electron chi connectivity index (χ0n) is 9.64. The number of halogens is 1. The summed E-state index contributed by atoms with van der Waals surface area (Å²) in [4.78, 5) is 18.0. The molecule has 0 bridgehead atoms. The minimum absolute atomic E-state index is 0.0000236. The molecule has 1 heterocycles. The van der Waals surface area contributed by atoms with E-state index in [0.29, 0.717) is 0 Å². The first-order chi connectivity index (χ1) is 8.50. The van der Waals surface area contributed by atoms with Crippen LogP contribution in [0.1, 0.15) is 18.8 Å². The highest BCUT2D eigenvalue weighted by molar-refractivity contribution is 5.67. The minimum atomic E-state index is -0.625. The molecular weight excluding hydrogens is 237 g/mol. The number of H-pyrrole nitrogens is 1. The van der Waals surface area contributed by atoms with E-state index >= 15 is 0 Å². The lowest BCUT2D eigenvalue weighted by molar-refractivity contribution is 0.447. The van der Waals surface area contributed by atoms with Crippen LogP contribution in [0.15, 0.2) is 29.1 Å². The van der Waals surface area contributed by atoms with Gasteiger partial charge in [0.1, 0.15) is 17.2 Å². The normalized spacial score (nSPS) is 12.4. The fourth-order valence-electron chi connectivity index (χ4n) is 1.60. The van der Waals surface area contributed by atoms with Gasteiger partial charge >= 0.3 is 0 Å². The molecule has 1 atom stereocenters. The van der Waals surface area contributed by atoms with E-state index in [1.807, 2.05) is 0 Å². The Labute approximate surface area is 102 Å². The third-order valence-electron chi connectivity index (χ3n) is 2.49. The number of hydrogen-bond donors (Lipinski definition) is 3. The molecule has 0 radical (unpaired) electrons. The molecule has 4 N–H and O–H groups in total. The van der Waals surface area contributed by atoms with E-state index in [4.69, 9.17) is 5.73 Å². The number of nitrogens with zero attached hydrogens (tertiary/aromatic N) is 1. The van der Waals surface area contributed by atoms with Gasteiger partial charge in [-0.05, 0) is 13.0 Å². The van der Waals surface area contributed by atoms with Gasteiger partial charge in [0.2, 0.25) is 5.88 Å². The van der Waals surface area contributed by atoms with Crippen molar-refractivity contribution < 1.29 is 9.50 Å². The SMILES string of the molecule is CC(N)c1nc(O)c(-c2ccccc2F)c(=O)[nH]1. The zero-order valence-corrected chi connectivity index (χ0v) is 9.64. The van der Waals surface area contributed by atoms with Crippen LogP contribution < -0.4 is 11.3 Å². The third kappa shape index (κ3) is 2.10. The van der Waals surface area contributed by atoms with Gasteiger partial charge in [0.05, 0.1) is 6.04 Å². The summed E-state index contributed by atoms with van der Waals surface area (Å²) in [6.07, 6.45) is 0.